The molecule has 4 nitrogen and oxygen atoms in total. The molecule has 0 saturated heterocycles. The third kappa shape index (κ3) is 3.60. The molecule has 1 heterocycles. The van der Waals surface area contributed by atoms with Crippen molar-refractivity contribution in [2.24, 2.45) is 0 Å². The summed E-state index contributed by atoms with van der Waals surface area (Å²) < 4.78 is 7.27. The molecule has 0 N–H and O–H groups in total. The molecule has 7 heteroatoms. The van der Waals surface area contributed by atoms with E-state index in [4.69, 9.17) is 27.9 Å². The molecule has 18 heavy (non-hydrogen) atoms. The fourth-order valence-electron chi connectivity index (χ4n) is 1.35. The van der Waals surface area contributed by atoms with Crippen LogP contribution in [-0.2, 0) is 11.9 Å². The maximum atomic E-state index is 5.99. The van der Waals surface area contributed by atoms with Crippen molar-refractivity contribution in [1.29, 1.82) is 0 Å². The standard InChI is InChI=1S/C11H10BrCl2N3O/c12-6-9-7-17(16-15-9)3-4-18-11-2-1-8(13)5-10(11)14/h1-2,5,7H,3-4,6H2. The van der Waals surface area contributed by atoms with E-state index in [-0.39, 0.29) is 0 Å². The number of aromatic nitrogens is 3. The summed E-state index contributed by atoms with van der Waals surface area (Å²) in [6.45, 7) is 1.07. The van der Waals surface area contributed by atoms with E-state index in [1.54, 1.807) is 22.9 Å². The molecule has 0 amide bonds. The van der Waals surface area contributed by atoms with Crippen LogP contribution in [0.15, 0.2) is 24.4 Å². The van der Waals surface area contributed by atoms with Gasteiger partial charge in [-0.3, -0.25) is 0 Å². The quantitative estimate of drug-likeness (QED) is 0.774. The highest BCUT2D eigenvalue weighted by molar-refractivity contribution is 9.08. The van der Waals surface area contributed by atoms with Gasteiger partial charge in [-0.1, -0.05) is 44.3 Å². The number of rotatable bonds is 5. The highest BCUT2D eigenvalue weighted by Crippen LogP contribution is 2.27. The minimum atomic E-state index is 0.465. The van der Waals surface area contributed by atoms with Gasteiger partial charge in [-0.05, 0) is 18.2 Å². The van der Waals surface area contributed by atoms with Crippen LogP contribution in [0.5, 0.6) is 5.75 Å². The number of nitrogens with zero attached hydrogens (tertiary/aromatic N) is 3. The van der Waals surface area contributed by atoms with Crippen LogP contribution in [0.3, 0.4) is 0 Å². The van der Waals surface area contributed by atoms with Crippen LogP contribution in [0.2, 0.25) is 10.0 Å². The Labute approximate surface area is 123 Å². The van der Waals surface area contributed by atoms with Gasteiger partial charge in [-0.25, -0.2) is 4.68 Å². The van der Waals surface area contributed by atoms with Gasteiger partial charge in [0.15, 0.2) is 0 Å². The Kier molecular flexibility index (Phi) is 4.86. The molecule has 0 fully saturated rings. The SMILES string of the molecule is Clc1ccc(OCCn2cc(CBr)nn2)c(Cl)c1. The lowest BCUT2D eigenvalue weighted by molar-refractivity contribution is 0.290. The first-order chi connectivity index (χ1) is 8.69. The Morgan fingerprint density at radius 3 is 2.83 bits per heavy atom. The minimum Gasteiger partial charge on any atom is -0.490 e. The molecule has 0 saturated carbocycles. The van der Waals surface area contributed by atoms with Crippen LogP contribution in [0, 0.1) is 0 Å². The van der Waals surface area contributed by atoms with Crippen molar-refractivity contribution in [2.45, 2.75) is 11.9 Å². The molecule has 0 unspecified atom stereocenters. The van der Waals surface area contributed by atoms with E-state index in [9.17, 15) is 0 Å². The first kappa shape index (κ1) is 13.6. The molecular weight excluding hydrogens is 341 g/mol. The van der Waals surface area contributed by atoms with Crippen LogP contribution >= 0.6 is 39.1 Å². The summed E-state index contributed by atoms with van der Waals surface area (Å²) in [5, 5.41) is 9.70. The lowest BCUT2D eigenvalue weighted by Gasteiger charge is -2.07. The highest BCUT2D eigenvalue weighted by Gasteiger charge is 2.03. The van der Waals surface area contributed by atoms with Gasteiger partial charge in [0.2, 0.25) is 0 Å². The first-order valence-electron chi connectivity index (χ1n) is 5.22. The highest BCUT2D eigenvalue weighted by atomic mass is 79.9. The Morgan fingerprint density at radius 2 is 2.17 bits per heavy atom. The Bertz CT molecular complexity index is 533. The molecule has 1 aromatic heterocycles. The van der Waals surface area contributed by atoms with Gasteiger partial charge >= 0.3 is 0 Å². The summed E-state index contributed by atoms with van der Waals surface area (Å²) in [4.78, 5) is 0. The van der Waals surface area contributed by atoms with Gasteiger partial charge in [-0.15, -0.1) is 5.10 Å². The molecule has 1 aromatic carbocycles. The molecule has 96 valence electrons. The van der Waals surface area contributed by atoms with Crippen molar-refractivity contribution in [1.82, 2.24) is 15.0 Å². The van der Waals surface area contributed by atoms with Crippen molar-refractivity contribution < 1.29 is 4.74 Å². The Balaban J connectivity index is 1.88. The summed E-state index contributed by atoms with van der Waals surface area (Å²) in [7, 11) is 0. The second-order valence-corrected chi connectivity index (χ2v) is 4.93. The Morgan fingerprint density at radius 1 is 1.33 bits per heavy atom. The molecule has 0 aliphatic carbocycles. The van der Waals surface area contributed by atoms with Gasteiger partial charge in [0.05, 0.1) is 17.3 Å². The van der Waals surface area contributed by atoms with E-state index in [0.29, 0.717) is 34.3 Å². The van der Waals surface area contributed by atoms with Crippen molar-refractivity contribution in [3.05, 3.63) is 40.1 Å². The second-order valence-electron chi connectivity index (χ2n) is 3.53. The first-order valence-corrected chi connectivity index (χ1v) is 7.09. The topological polar surface area (TPSA) is 39.9 Å². The third-order valence-electron chi connectivity index (χ3n) is 2.19. The fourth-order valence-corrected chi connectivity index (χ4v) is 2.07. The molecule has 0 radical (unpaired) electrons. The molecule has 0 aliphatic heterocycles. The van der Waals surface area contributed by atoms with Gasteiger partial charge in [0, 0.05) is 16.5 Å². The van der Waals surface area contributed by atoms with Crippen LogP contribution in [-0.4, -0.2) is 21.6 Å². The van der Waals surface area contributed by atoms with E-state index >= 15 is 0 Å². The molecular formula is C11H10BrCl2N3O. The minimum absolute atomic E-state index is 0.465. The molecule has 0 atom stereocenters. The average molecular weight is 351 g/mol. The van der Waals surface area contributed by atoms with Gasteiger partial charge in [0.25, 0.3) is 0 Å². The van der Waals surface area contributed by atoms with E-state index in [0.717, 1.165) is 5.69 Å². The number of hydrogen-bond donors (Lipinski definition) is 0. The Hall–Kier alpha value is -0.780. The molecule has 0 bridgehead atoms. The van der Waals surface area contributed by atoms with Crippen LogP contribution < -0.4 is 4.74 Å². The van der Waals surface area contributed by atoms with E-state index in [1.807, 2.05) is 6.20 Å². The van der Waals surface area contributed by atoms with Gasteiger partial charge in [0.1, 0.15) is 12.4 Å². The molecule has 2 aromatic rings. The summed E-state index contributed by atoms with van der Waals surface area (Å²) >= 11 is 15.1. The molecule has 0 spiro atoms. The fraction of sp³-hybridized carbons (Fsp3) is 0.273. The number of ether oxygens (including phenoxy) is 1. The van der Waals surface area contributed by atoms with Gasteiger partial charge in [-0.2, -0.15) is 0 Å². The zero-order chi connectivity index (χ0) is 13.0. The summed E-state index contributed by atoms with van der Waals surface area (Å²) in [5.74, 6) is 0.613. The maximum Gasteiger partial charge on any atom is 0.138 e. The average Bonchev–Trinajstić information content (AvgIpc) is 2.80. The normalized spacial score (nSPS) is 10.6. The molecule has 2 rings (SSSR count). The summed E-state index contributed by atoms with van der Waals surface area (Å²) in [5.41, 5.74) is 0.888. The van der Waals surface area contributed by atoms with Crippen LogP contribution in [0.25, 0.3) is 0 Å². The predicted molar refractivity (Wildman–Crippen MR) is 74.6 cm³/mol. The van der Waals surface area contributed by atoms with Crippen molar-refractivity contribution in [3.63, 3.8) is 0 Å². The number of hydrogen-bond acceptors (Lipinski definition) is 3. The number of alkyl halides is 1. The zero-order valence-electron chi connectivity index (χ0n) is 9.31. The van der Waals surface area contributed by atoms with Crippen LogP contribution in [0.1, 0.15) is 5.69 Å². The number of benzene rings is 1. The number of halogens is 3. The predicted octanol–water partition coefficient (Wildman–Crippen LogP) is 3.56. The molecule has 0 aliphatic rings. The third-order valence-corrected chi connectivity index (χ3v) is 3.30. The summed E-state index contributed by atoms with van der Waals surface area (Å²) in [6.07, 6.45) is 1.86. The summed E-state index contributed by atoms with van der Waals surface area (Å²) in [6, 6.07) is 5.13. The monoisotopic (exact) mass is 349 g/mol. The van der Waals surface area contributed by atoms with Crippen molar-refractivity contribution >= 4 is 39.1 Å². The van der Waals surface area contributed by atoms with Crippen molar-refractivity contribution in [3.8, 4) is 5.75 Å². The van der Waals surface area contributed by atoms with E-state index < -0.39 is 0 Å². The van der Waals surface area contributed by atoms with Crippen molar-refractivity contribution in [2.75, 3.05) is 6.61 Å². The second kappa shape index (κ2) is 6.41. The van der Waals surface area contributed by atoms with Gasteiger partial charge < -0.3 is 4.74 Å². The van der Waals surface area contributed by atoms with E-state index in [1.165, 1.54) is 0 Å². The van der Waals surface area contributed by atoms with Crippen LogP contribution in [0.4, 0.5) is 0 Å². The largest absolute Gasteiger partial charge is 0.490 e. The lowest BCUT2D eigenvalue weighted by Crippen LogP contribution is -2.08. The zero-order valence-corrected chi connectivity index (χ0v) is 12.4. The lowest BCUT2D eigenvalue weighted by atomic mass is 10.3. The maximum absolute atomic E-state index is 5.99. The smallest absolute Gasteiger partial charge is 0.138 e. The van der Waals surface area contributed by atoms with E-state index in [2.05, 4.69) is 26.2 Å².